The van der Waals surface area contributed by atoms with E-state index in [1.54, 1.807) is 0 Å². The molecule has 0 saturated heterocycles. The van der Waals surface area contributed by atoms with Crippen LogP contribution in [0.4, 0.5) is 0 Å². The number of nitrogens with zero attached hydrogens (tertiary/aromatic N) is 2. The van der Waals surface area contributed by atoms with Crippen LogP contribution in [0.5, 0.6) is 0 Å². The predicted octanol–water partition coefficient (Wildman–Crippen LogP) is 1.38. The van der Waals surface area contributed by atoms with Crippen LogP contribution in [0.3, 0.4) is 0 Å². The largest absolute Gasteiger partial charge is 0.344 e. The topological polar surface area (TPSA) is 50.7 Å². The molecule has 1 heterocycles. The first-order valence-electron chi connectivity index (χ1n) is 4.12. The van der Waals surface area contributed by atoms with Crippen molar-refractivity contribution in [1.82, 2.24) is 14.8 Å². The van der Waals surface area contributed by atoms with Crippen LogP contribution in [0.1, 0.15) is 5.56 Å². The molecule has 0 saturated carbocycles. The molecule has 0 aliphatic rings. The molecule has 0 radical (unpaired) electrons. The van der Waals surface area contributed by atoms with Crippen LogP contribution in [-0.4, -0.2) is 14.8 Å². The van der Waals surface area contributed by atoms with E-state index >= 15 is 0 Å². The number of hydrogen-bond donors (Lipinski definition) is 1. The molecule has 2 rings (SSSR count). The standard InChI is InChI=1S/C9H8BrN3O/c10-8-11-12-9(14)13(8)6-7-4-2-1-3-5-7/h1-5H,6H2,(H,12,14). The molecule has 0 fully saturated rings. The van der Waals surface area contributed by atoms with Crippen molar-refractivity contribution in [3.05, 3.63) is 51.1 Å². The average molecular weight is 254 g/mol. The number of halogens is 1. The van der Waals surface area contributed by atoms with Gasteiger partial charge in [-0.15, -0.1) is 5.10 Å². The van der Waals surface area contributed by atoms with Crippen molar-refractivity contribution in [1.29, 1.82) is 0 Å². The summed E-state index contributed by atoms with van der Waals surface area (Å²) in [5.74, 6) is 0. The van der Waals surface area contributed by atoms with Gasteiger partial charge in [0.05, 0.1) is 6.54 Å². The lowest BCUT2D eigenvalue weighted by molar-refractivity contribution is 0.744. The van der Waals surface area contributed by atoms with Gasteiger partial charge in [-0.1, -0.05) is 30.3 Å². The first-order valence-corrected chi connectivity index (χ1v) is 4.91. The second-order valence-corrected chi connectivity index (χ2v) is 3.58. The van der Waals surface area contributed by atoms with Gasteiger partial charge in [-0.3, -0.25) is 4.57 Å². The van der Waals surface area contributed by atoms with Gasteiger partial charge in [0.15, 0.2) is 0 Å². The summed E-state index contributed by atoms with van der Waals surface area (Å²) in [6.07, 6.45) is 0. The minimum Gasteiger partial charge on any atom is -0.265 e. The Hall–Kier alpha value is -1.36. The molecule has 0 aliphatic heterocycles. The Labute approximate surface area is 88.7 Å². The van der Waals surface area contributed by atoms with Crippen LogP contribution in [0, 0.1) is 0 Å². The molecule has 1 aromatic heterocycles. The van der Waals surface area contributed by atoms with Crippen molar-refractivity contribution < 1.29 is 0 Å². The van der Waals surface area contributed by atoms with Crippen molar-refractivity contribution in [2.45, 2.75) is 6.54 Å². The zero-order valence-corrected chi connectivity index (χ0v) is 8.86. The van der Waals surface area contributed by atoms with E-state index in [0.717, 1.165) is 5.56 Å². The van der Waals surface area contributed by atoms with Gasteiger partial charge in [0, 0.05) is 0 Å². The number of benzene rings is 1. The summed E-state index contributed by atoms with van der Waals surface area (Å²) in [4.78, 5) is 11.3. The fourth-order valence-electron chi connectivity index (χ4n) is 1.20. The lowest BCUT2D eigenvalue weighted by Gasteiger charge is -2.00. The predicted molar refractivity (Wildman–Crippen MR) is 56.1 cm³/mol. The molecule has 0 bridgehead atoms. The van der Waals surface area contributed by atoms with Crippen LogP contribution in [-0.2, 0) is 6.54 Å². The summed E-state index contributed by atoms with van der Waals surface area (Å²) < 4.78 is 2.04. The van der Waals surface area contributed by atoms with E-state index in [1.165, 1.54) is 4.57 Å². The molecule has 2 aromatic rings. The molecule has 1 aromatic carbocycles. The summed E-state index contributed by atoms with van der Waals surface area (Å²) in [6, 6.07) is 9.75. The zero-order valence-electron chi connectivity index (χ0n) is 7.27. The lowest BCUT2D eigenvalue weighted by atomic mass is 10.2. The maximum Gasteiger partial charge on any atom is 0.344 e. The second-order valence-electron chi connectivity index (χ2n) is 2.87. The summed E-state index contributed by atoms with van der Waals surface area (Å²) in [5, 5.41) is 6.12. The Bertz CT molecular complexity index is 474. The van der Waals surface area contributed by atoms with Crippen molar-refractivity contribution in [2.24, 2.45) is 0 Å². The maximum absolute atomic E-state index is 11.3. The number of aromatic amines is 1. The minimum atomic E-state index is -0.208. The number of H-pyrrole nitrogens is 1. The molecule has 1 N–H and O–H groups in total. The third kappa shape index (κ3) is 1.77. The third-order valence-corrected chi connectivity index (χ3v) is 2.50. The fraction of sp³-hybridized carbons (Fsp3) is 0.111. The summed E-state index contributed by atoms with van der Waals surface area (Å²) in [6.45, 7) is 0.525. The molecule has 0 atom stereocenters. The van der Waals surface area contributed by atoms with E-state index in [2.05, 4.69) is 26.1 Å². The van der Waals surface area contributed by atoms with Gasteiger partial charge < -0.3 is 0 Å². The van der Waals surface area contributed by atoms with Crippen molar-refractivity contribution in [2.75, 3.05) is 0 Å². The number of rotatable bonds is 2. The van der Waals surface area contributed by atoms with Gasteiger partial charge in [0.2, 0.25) is 4.73 Å². The van der Waals surface area contributed by atoms with Gasteiger partial charge in [-0.2, -0.15) is 0 Å². The molecule has 0 unspecified atom stereocenters. The molecule has 4 nitrogen and oxygen atoms in total. The van der Waals surface area contributed by atoms with E-state index < -0.39 is 0 Å². The SMILES string of the molecule is O=c1[nH]nc(Br)n1Cc1ccccc1. The molecule has 0 amide bonds. The van der Waals surface area contributed by atoms with Crippen LogP contribution in [0.15, 0.2) is 39.9 Å². The van der Waals surface area contributed by atoms with Gasteiger partial charge in [-0.25, -0.2) is 9.89 Å². The zero-order chi connectivity index (χ0) is 9.97. The van der Waals surface area contributed by atoms with E-state index in [4.69, 9.17) is 0 Å². The first kappa shape index (κ1) is 9.21. The normalized spacial score (nSPS) is 10.4. The Balaban J connectivity index is 2.32. The van der Waals surface area contributed by atoms with E-state index in [9.17, 15) is 4.79 Å². The lowest BCUT2D eigenvalue weighted by Crippen LogP contribution is -2.17. The Morgan fingerprint density at radius 2 is 2.07 bits per heavy atom. The van der Waals surface area contributed by atoms with Crippen LogP contribution < -0.4 is 5.69 Å². The highest BCUT2D eigenvalue weighted by Gasteiger charge is 2.04. The number of hydrogen-bond acceptors (Lipinski definition) is 2. The third-order valence-electron chi connectivity index (χ3n) is 1.90. The minimum absolute atomic E-state index is 0.208. The summed E-state index contributed by atoms with van der Waals surface area (Å²) in [5.41, 5.74) is 0.859. The van der Waals surface area contributed by atoms with E-state index in [0.29, 0.717) is 11.3 Å². The molecule has 0 aliphatic carbocycles. The highest BCUT2D eigenvalue weighted by atomic mass is 79.9. The van der Waals surface area contributed by atoms with Crippen molar-refractivity contribution in [3.63, 3.8) is 0 Å². The average Bonchev–Trinajstić information content (AvgIpc) is 2.51. The van der Waals surface area contributed by atoms with Crippen LogP contribution >= 0.6 is 15.9 Å². The van der Waals surface area contributed by atoms with Crippen molar-refractivity contribution in [3.8, 4) is 0 Å². The first-order chi connectivity index (χ1) is 6.77. The monoisotopic (exact) mass is 253 g/mol. The molecule has 72 valence electrons. The number of aromatic nitrogens is 3. The second kappa shape index (κ2) is 3.79. The van der Waals surface area contributed by atoms with Crippen LogP contribution in [0.25, 0.3) is 0 Å². The van der Waals surface area contributed by atoms with Gasteiger partial charge in [0.25, 0.3) is 0 Å². The highest BCUT2D eigenvalue weighted by Crippen LogP contribution is 2.05. The fourth-order valence-corrected chi connectivity index (χ4v) is 1.58. The Morgan fingerprint density at radius 1 is 1.36 bits per heavy atom. The van der Waals surface area contributed by atoms with E-state index in [1.807, 2.05) is 30.3 Å². The van der Waals surface area contributed by atoms with Crippen molar-refractivity contribution >= 4 is 15.9 Å². The Morgan fingerprint density at radius 3 is 2.64 bits per heavy atom. The molecule has 5 heteroatoms. The molecule has 0 spiro atoms. The quantitative estimate of drug-likeness (QED) is 0.880. The van der Waals surface area contributed by atoms with Gasteiger partial charge in [0.1, 0.15) is 0 Å². The maximum atomic E-state index is 11.3. The molecular formula is C9H8BrN3O. The summed E-state index contributed by atoms with van der Waals surface area (Å²) in [7, 11) is 0. The van der Waals surface area contributed by atoms with Crippen LogP contribution in [0.2, 0.25) is 0 Å². The highest BCUT2D eigenvalue weighted by molar-refractivity contribution is 9.10. The smallest absolute Gasteiger partial charge is 0.265 e. The van der Waals surface area contributed by atoms with Gasteiger partial charge in [-0.05, 0) is 21.5 Å². The summed E-state index contributed by atoms with van der Waals surface area (Å²) >= 11 is 3.20. The number of nitrogens with one attached hydrogen (secondary N) is 1. The Kier molecular flexibility index (Phi) is 2.49. The van der Waals surface area contributed by atoms with E-state index in [-0.39, 0.29) is 5.69 Å². The van der Waals surface area contributed by atoms with Gasteiger partial charge >= 0.3 is 5.69 Å². The molecule has 14 heavy (non-hydrogen) atoms. The molecular weight excluding hydrogens is 246 g/mol.